The first-order chi connectivity index (χ1) is 11.6. The minimum absolute atomic E-state index is 0.260. The van der Waals surface area contributed by atoms with Gasteiger partial charge in [-0.3, -0.25) is 4.79 Å². The van der Waals surface area contributed by atoms with Crippen LogP contribution >= 0.6 is 22.7 Å². The van der Waals surface area contributed by atoms with Gasteiger partial charge in [0, 0.05) is 16.3 Å². The van der Waals surface area contributed by atoms with Crippen LogP contribution in [0.4, 0.5) is 0 Å². The molecule has 2 aromatic heterocycles. The molecular weight excluding hydrogens is 342 g/mol. The summed E-state index contributed by atoms with van der Waals surface area (Å²) in [6.07, 6.45) is 2.70. The number of rotatable bonds is 8. The predicted molar refractivity (Wildman–Crippen MR) is 99.9 cm³/mol. The molecule has 0 atom stereocenters. The lowest BCUT2D eigenvalue weighted by Crippen LogP contribution is -2.30. The molecule has 0 aromatic carbocycles. The van der Waals surface area contributed by atoms with Gasteiger partial charge in [-0.1, -0.05) is 26.0 Å². The normalized spacial score (nSPS) is 11.5. The zero-order valence-electron chi connectivity index (χ0n) is 13.8. The van der Waals surface area contributed by atoms with Gasteiger partial charge in [-0.25, -0.2) is 4.79 Å². The van der Waals surface area contributed by atoms with Gasteiger partial charge in [0.1, 0.15) is 0 Å². The quantitative estimate of drug-likeness (QED) is 0.568. The van der Waals surface area contributed by atoms with Crippen molar-refractivity contribution in [1.82, 2.24) is 5.32 Å². The van der Waals surface area contributed by atoms with Gasteiger partial charge in [-0.2, -0.15) is 0 Å². The largest absolute Gasteiger partial charge is 0.452 e. The van der Waals surface area contributed by atoms with Crippen molar-refractivity contribution in [3.8, 4) is 0 Å². The lowest BCUT2D eigenvalue weighted by Gasteiger charge is -2.09. The van der Waals surface area contributed by atoms with Gasteiger partial charge in [0.2, 0.25) is 0 Å². The van der Waals surface area contributed by atoms with E-state index in [4.69, 9.17) is 4.74 Å². The van der Waals surface area contributed by atoms with Crippen LogP contribution < -0.4 is 5.32 Å². The van der Waals surface area contributed by atoms with Gasteiger partial charge >= 0.3 is 5.97 Å². The van der Waals surface area contributed by atoms with Gasteiger partial charge in [0.05, 0.1) is 5.57 Å². The molecule has 0 saturated carbocycles. The maximum absolute atomic E-state index is 12.4. The Bertz CT molecular complexity index is 673. The Hall–Kier alpha value is -1.92. The van der Waals surface area contributed by atoms with Gasteiger partial charge in [-0.05, 0) is 41.3 Å². The topological polar surface area (TPSA) is 55.4 Å². The van der Waals surface area contributed by atoms with Crippen molar-refractivity contribution in [2.45, 2.75) is 20.3 Å². The molecule has 6 heteroatoms. The fourth-order valence-corrected chi connectivity index (χ4v) is 3.33. The number of hydrogen-bond acceptors (Lipinski definition) is 5. The van der Waals surface area contributed by atoms with Crippen LogP contribution in [0.15, 0.2) is 35.0 Å². The summed E-state index contributed by atoms with van der Waals surface area (Å²) in [5.74, 6) is -0.234. The highest BCUT2D eigenvalue weighted by Gasteiger charge is 2.16. The van der Waals surface area contributed by atoms with Crippen molar-refractivity contribution >= 4 is 46.2 Å². The first-order valence-electron chi connectivity index (χ1n) is 7.79. The summed E-state index contributed by atoms with van der Waals surface area (Å²) in [4.78, 5) is 25.9. The Labute approximate surface area is 150 Å². The van der Waals surface area contributed by atoms with Crippen LogP contribution in [-0.4, -0.2) is 25.0 Å². The minimum atomic E-state index is -0.482. The zero-order valence-corrected chi connectivity index (χ0v) is 15.4. The van der Waals surface area contributed by atoms with Gasteiger partial charge in [0.25, 0.3) is 5.91 Å². The number of hydrogen-bond donors (Lipinski definition) is 1. The van der Waals surface area contributed by atoms with E-state index in [0.717, 1.165) is 16.2 Å². The summed E-state index contributed by atoms with van der Waals surface area (Å²) >= 11 is 3.01. The van der Waals surface area contributed by atoms with Crippen LogP contribution in [-0.2, 0) is 14.3 Å². The molecule has 0 radical (unpaired) electrons. The highest BCUT2D eigenvalue weighted by atomic mass is 32.1. The smallest absolute Gasteiger partial charge is 0.340 e. The summed E-state index contributed by atoms with van der Waals surface area (Å²) < 4.78 is 5.19. The third kappa shape index (κ3) is 5.94. The van der Waals surface area contributed by atoms with E-state index in [2.05, 4.69) is 19.2 Å². The lowest BCUT2D eigenvalue weighted by molar-refractivity contribution is -0.142. The Balaban J connectivity index is 1.95. The van der Waals surface area contributed by atoms with Crippen molar-refractivity contribution in [3.63, 3.8) is 0 Å². The van der Waals surface area contributed by atoms with E-state index >= 15 is 0 Å². The second-order valence-corrected chi connectivity index (χ2v) is 7.59. The van der Waals surface area contributed by atoms with Crippen molar-refractivity contribution in [2.75, 3.05) is 13.2 Å². The number of carbonyl (C=O) groups is 2. The fraction of sp³-hybridized carbons (Fsp3) is 0.333. The molecule has 4 nitrogen and oxygen atoms in total. The Morgan fingerprint density at radius 1 is 1.21 bits per heavy atom. The molecule has 0 aliphatic rings. The molecule has 0 aliphatic heterocycles. The number of amides is 1. The van der Waals surface area contributed by atoms with Crippen LogP contribution in [0.2, 0.25) is 0 Å². The highest BCUT2D eigenvalue weighted by molar-refractivity contribution is 7.12. The molecule has 0 spiro atoms. The standard InChI is InChI=1S/C18H21NO3S2/c1-13(2)7-8-19-17(20)12-22-18(21)15(16-6-4-10-24-16)11-14-5-3-9-23-14/h3-6,9-11,13H,7-8,12H2,1-2H3,(H,19,20)/b15-11+. The van der Waals surface area contributed by atoms with Gasteiger partial charge < -0.3 is 10.1 Å². The van der Waals surface area contributed by atoms with Gasteiger partial charge in [0.15, 0.2) is 6.61 Å². The van der Waals surface area contributed by atoms with Gasteiger partial charge in [-0.15, -0.1) is 22.7 Å². The van der Waals surface area contributed by atoms with Crippen molar-refractivity contribution in [3.05, 3.63) is 44.8 Å². The lowest BCUT2D eigenvalue weighted by atomic mass is 10.1. The molecule has 1 N–H and O–H groups in total. The summed E-state index contributed by atoms with van der Waals surface area (Å²) in [5.41, 5.74) is 0.474. The van der Waals surface area contributed by atoms with Crippen LogP contribution in [0.1, 0.15) is 30.0 Å². The Kier molecular flexibility index (Phi) is 7.21. The molecule has 0 aliphatic carbocycles. The third-order valence-electron chi connectivity index (χ3n) is 3.21. The molecular formula is C18H21NO3S2. The first kappa shape index (κ1) is 18.4. The SMILES string of the molecule is CC(C)CCNC(=O)COC(=O)/C(=C/c1cccs1)c1cccs1. The van der Waals surface area contributed by atoms with E-state index in [1.54, 1.807) is 17.4 Å². The molecule has 2 heterocycles. The third-order valence-corrected chi connectivity index (χ3v) is 4.94. The maximum atomic E-state index is 12.4. The monoisotopic (exact) mass is 363 g/mol. The Morgan fingerprint density at radius 3 is 2.58 bits per heavy atom. The summed E-state index contributed by atoms with van der Waals surface area (Å²) in [6.45, 7) is 4.52. The van der Waals surface area contributed by atoms with Crippen molar-refractivity contribution in [1.29, 1.82) is 0 Å². The van der Waals surface area contributed by atoms with E-state index in [9.17, 15) is 9.59 Å². The zero-order chi connectivity index (χ0) is 17.4. The van der Waals surface area contributed by atoms with E-state index in [-0.39, 0.29) is 12.5 Å². The minimum Gasteiger partial charge on any atom is -0.452 e. The van der Waals surface area contributed by atoms with E-state index in [1.807, 2.05) is 35.0 Å². The molecule has 24 heavy (non-hydrogen) atoms. The van der Waals surface area contributed by atoms with Crippen LogP contribution in [0.3, 0.4) is 0 Å². The number of carbonyl (C=O) groups excluding carboxylic acids is 2. The average molecular weight is 364 g/mol. The molecule has 2 aromatic rings. The number of esters is 1. The molecule has 128 valence electrons. The second-order valence-electron chi connectivity index (χ2n) is 5.66. The van der Waals surface area contributed by atoms with E-state index in [0.29, 0.717) is 18.0 Å². The van der Waals surface area contributed by atoms with E-state index < -0.39 is 5.97 Å². The van der Waals surface area contributed by atoms with Crippen LogP contribution in [0.5, 0.6) is 0 Å². The molecule has 2 rings (SSSR count). The second kappa shape index (κ2) is 9.39. The summed E-state index contributed by atoms with van der Waals surface area (Å²) in [6, 6.07) is 7.61. The highest BCUT2D eigenvalue weighted by Crippen LogP contribution is 2.25. The average Bonchev–Trinajstić information content (AvgIpc) is 3.23. The fourth-order valence-electron chi connectivity index (χ4n) is 1.94. The first-order valence-corrected chi connectivity index (χ1v) is 9.55. The molecule has 1 amide bonds. The van der Waals surface area contributed by atoms with Crippen molar-refractivity contribution < 1.29 is 14.3 Å². The van der Waals surface area contributed by atoms with Crippen LogP contribution in [0, 0.1) is 5.92 Å². The number of thiophene rings is 2. The molecule has 0 unspecified atom stereocenters. The van der Waals surface area contributed by atoms with Crippen LogP contribution in [0.25, 0.3) is 11.6 Å². The molecule has 0 bridgehead atoms. The number of ether oxygens (including phenoxy) is 1. The molecule has 0 saturated heterocycles. The van der Waals surface area contributed by atoms with Crippen molar-refractivity contribution in [2.24, 2.45) is 5.92 Å². The maximum Gasteiger partial charge on any atom is 0.340 e. The Morgan fingerprint density at radius 2 is 1.96 bits per heavy atom. The summed E-state index contributed by atoms with van der Waals surface area (Å²) in [7, 11) is 0. The molecule has 0 fully saturated rings. The number of nitrogens with one attached hydrogen (secondary N) is 1. The van der Waals surface area contributed by atoms with E-state index in [1.165, 1.54) is 11.3 Å². The summed E-state index contributed by atoms with van der Waals surface area (Å²) in [5, 5.41) is 6.61. The predicted octanol–water partition coefficient (Wildman–Crippen LogP) is 4.06.